The summed E-state index contributed by atoms with van der Waals surface area (Å²) in [5.41, 5.74) is 1.95. The zero-order valence-corrected chi connectivity index (χ0v) is 19.4. The van der Waals surface area contributed by atoms with E-state index < -0.39 is 0 Å². The first-order valence-electron chi connectivity index (χ1n) is 11.2. The van der Waals surface area contributed by atoms with Gasteiger partial charge >= 0.3 is 0 Å². The molecule has 2 aromatic rings. The Morgan fingerprint density at radius 1 is 1.00 bits per heavy atom. The second-order valence-corrected chi connectivity index (χ2v) is 8.85. The third-order valence-electron chi connectivity index (χ3n) is 5.33. The molecule has 166 valence electrons. The highest BCUT2D eigenvalue weighted by Gasteiger charge is 2.22. The Morgan fingerprint density at radius 2 is 1.67 bits per heavy atom. The number of rotatable bonds is 11. The number of carbonyl (C=O) groups is 2. The van der Waals surface area contributed by atoms with Crippen molar-refractivity contribution in [3.05, 3.63) is 30.1 Å². The lowest BCUT2D eigenvalue weighted by Crippen LogP contribution is -2.43. The first kappa shape index (κ1) is 23.9. The molecule has 0 radical (unpaired) electrons. The Balaban J connectivity index is 2.04. The zero-order valence-electron chi connectivity index (χ0n) is 19.4. The summed E-state index contributed by atoms with van der Waals surface area (Å²) in [7, 11) is 0. The molecule has 0 saturated heterocycles. The highest BCUT2D eigenvalue weighted by molar-refractivity contribution is 5.81. The van der Waals surface area contributed by atoms with Crippen molar-refractivity contribution in [3.63, 3.8) is 0 Å². The molecule has 2 rings (SSSR count). The van der Waals surface area contributed by atoms with E-state index in [0.29, 0.717) is 13.1 Å². The van der Waals surface area contributed by atoms with Gasteiger partial charge in [-0.25, -0.2) is 4.98 Å². The summed E-state index contributed by atoms with van der Waals surface area (Å²) in [5, 5.41) is 2.96. The average Bonchev–Trinajstić information content (AvgIpc) is 3.01. The molecule has 1 heterocycles. The van der Waals surface area contributed by atoms with Gasteiger partial charge in [0, 0.05) is 31.0 Å². The number of hydrogen-bond acceptors (Lipinski definition) is 3. The largest absolute Gasteiger partial charge is 0.356 e. The lowest BCUT2D eigenvalue weighted by molar-refractivity contribution is -0.135. The molecular formula is C24H38N4O2. The van der Waals surface area contributed by atoms with E-state index in [9.17, 15) is 9.59 Å². The van der Waals surface area contributed by atoms with E-state index in [4.69, 9.17) is 4.98 Å². The third-order valence-corrected chi connectivity index (χ3v) is 5.33. The summed E-state index contributed by atoms with van der Waals surface area (Å²) < 4.78 is 2.08. The third kappa shape index (κ3) is 6.31. The molecule has 0 spiro atoms. The minimum absolute atomic E-state index is 0.0266. The molecule has 0 aliphatic rings. The number of carbonyl (C=O) groups excluding carboxylic acids is 2. The molecule has 0 aliphatic carbocycles. The number of nitrogens with zero attached hydrogens (tertiary/aromatic N) is 3. The summed E-state index contributed by atoms with van der Waals surface area (Å²) in [6, 6.07) is 8.35. The van der Waals surface area contributed by atoms with Crippen molar-refractivity contribution in [1.29, 1.82) is 0 Å². The summed E-state index contributed by atoms with van der Waals surface area (Å²) in [4.78, 5) is 31.4. The Kier molecular flexibility index (Phi) is 8.88. The number of amides is 2. The molecule has 0 atom stereocenters. The molecule has 0 fully saturated rings. The number of nitrogens with one attached hydrogen (secondary N) is 1. The first-order chi connectivity index (χ1) is 14.2. The minimum Gasteiger partial charge on any atom is -0.356 e. The molecule has 30 heavy (non-hydrogen) atoms. The standard InChI is InChI=1S/C24H38N4O2/c1-17(2)24(30)25-15-11-7-8-14-22-26-20-12-9-10-13-21(20)27(22)16-23(29)28(18(3)4)19(5)6/h9-10,12-13,17-19H,7-8,11,14-16H2,1-6H3,(H,25,30). The quantitative estimate of drug-likeness (QED) is 0.561. The van der Waals surface area contributed by atoms with Crippen molar-refractivity contribution in [2.75, 3.05) is 6.54 Å². The van der Waals surface area contributed by atoms with E-state index in [2.05, 4.69) is 37.6 Å². The summed E-state index contributed by atoms with van der Waals surface area (Å²) >= 11 is 0. The Morgan fingerprint density at radius 3 is 2.30 bits per heavy atom. The molecule has 0 unspecified atom stereocenters. The van der Waals surface area contributed by atoms with Crippen LogP contribution in [0.5, 0.6) is 0 Å². The molecule has 1 N–H and O–H groups in total. The van der Waals surface area contributed by atoms with Gasteiger partial charge in [-0.05, 0) is 52.7 Å². The average molecular weight is 415 g/mol. The zero-order chi connectivity index (χ0) is 22.3. The van der Waals surface area contributed by atoms with Crippen molar-refractivity contribution in [3.8, 4) is 0 Å². The number of aromatic nitrogens is 2. The fourth-order valence-corrected chi connectivity index (χ4v) is 3.88. The van der Waals surface area contributed by atoms with Gasteiger partial charge in [0.2, 0.25) is 11.8 Å². The Bertz CT molecular complexity index is 831. The number of unbranched alkanes of at least 4 members (excludes halogenated alkanes) is 2. The van der Waals surface area contributed by atoms with Gasteiger partial charge in [-0.3, -0.25) is 9.59 Å². The Hall–Kier alpha value is -2.37. The fraction of sp³-hybridized carbons (Fsp3) is 0.625. The SMILES string of the molecule is CC(C)C(=O)NCCCCCc1nc2ccccc2n1CC(=O)N(C(C)C)C(C)C. The van der Waals surface area contributed by atoms with Gasteiger partial charge < -0.3 is 14.8 Å². The smallest absolute Gasteiger partial charge is 0.243 e. The van der Waals surface area contributed by atoms with Crippen LogP contribution in [0.3, 0.4) is 0 Å². The minimum atomic E-state index is 0.0266. The highest BCUT2D eigenvalue weighted by Crippen LogP contribution is 2.19. The van der Waals surface area contributed by atoms with Crippen LogP contribution in [0, 0.1) is 5.92 Å². The topological polar surface area (TPSA) is 67.2 Å². The highest BCUT2D eigenvalue weighted by atomic mass is 16.2. The van der Waals surface area contributed by atoms with Crippen LogP contribution >= 0.6 is 0 Å². The van der Waals surface area contributed by atoms with Crippen LogP contribution in [-0.4, -0.2) is 44.9 Å². The maximum Gasteiger partial charge on any atom is 0.243 e. The molecule has 0 aliphatic heterocycles. The number of fused-ring (bicyclic) bond motifs is 1. The van der Waals surface area contributed by atoms with Gasteiger partial charge in [0.1, 0.15) is 12.4 Å². The van der Waals surface area contributed by atoms with Crippen molar-refractivity contribution >= 4 is 22.8 Å². The lowest BCUT2D eigenvalue weighted by atomic mass is 10.1. The fourth-order valence-electron chi connectivity index (χ4n) is 3.88. The van der Waals surface area contributed by atoms with E-state index in [0.717, 1.165) is 42.5 Å². The number of imidazole rings is 1. The predicted octanol–water partition coefficient (Wildman–Crippen LogP) is 4.17. The molecule has 6 heteroatoms. The number of hydrogen-bond donors (Lipinski definition) is 1. The number of para-hydroxylation sites is 2. The van der Waals surface area contributed by atoms with E-state index in [1.54, 1.807) is 0 Å². The molecule has 1 aromatic carbocycles. The van der Waals surface area contributed by atoms with Gasteiger partial charge in [0.15, 0.2) is 0 Å². The van der Waals surface area contributed by atoms with Crippen LogP contribution in [0.25, 0.3) is 11.0 Å². The number of aryl methyl sites for hydroxylation is 1. The van der Waals surface area contributed by atoms with Crippen molar-refractivity contribution in [1.82, 2.24) is 19.8 Å². The van der Waals surface area contributed by atoms with Gasteiger partial charge in [0.05, 0.1) is 11.0 Å². The predicted molar refractivity (Wildman–Crippen MR) is 122 cm³/mol. The van der Waals surface area contributed by atoms with Crippen molar-refractivity contribution in [2.45, 2.75) is 85.9 Å². The lowest BCUT2D eigenvalue weighted by Gasteiger charge is -2.31. The van der Waals surface area contributed by atoms with Gasteiger partial charge in [-0.15, -0.1) is 0 Å². The van der Waals surface area contributed by atoms with E-state index in [1.165, 1.54) is 0 Å². The van der Waals surface area contributed by atoms with Crippen LogP contribution < -0.4 is 5.32 Å². The molecule has 6 nitrogen and oxygen atoms in total. The van der Waals surface area contributed by atoms with Crippen LogP contribution in [0.15, 0.2) is 24.3 Å². The maximum absolute atomic E-state index is 13.1. The normalized spacial score (nSPS) is 11.6. The molecular weight excluding hydrogens is 376 g/mol. The summed E-state index contributed by atoms with van der Waals surface area (Å²) in [6.07, 6.45) is 3.77. The first-order valence-corrected chi connectivity index (χ1v) is 11.2. The molecule has 0 bridgehead atoms. The Labute approximate surface area is 181 Å². The van der Waals surface area contributed by atoms with E-state index >= 15 is 0 Å². The van der Waals surface area contributed by atoms with Crippen molar-refractivity contribution in [2.24, 2.45) is 5.92 Å². The van der Waals surface area contributed by atoms with Crippen LogP contribution in [0.4, 0.5) is 0 Å². The molecule has 1 aromatic heterocycles. The maximum atomic E-state index is 13.1. The molecule has 0 saturated carbocycles. The van der Waals surface area contributed by atoms with E-state index in [-0.39, 0.29) is 29.8 Å². The summed E-state index contributed by atoms with van der Waals surface area (Å²) in [5.74, 6) is 1.22. The molecule has 2 amide bonds. The van der Waals surface area contributed by atoms with Crippen LogP contribution in [-0.2, 0) is 22.6 Å². The second-order valence-electron chi connectivity index (χ2n) is 8.85. The summed E-state index contributed by atoms with van der Waals surface area (Å²) in [6.45, 7) is 13.1. The van der Waals surface area contributed by atoms with Gasteiger partial charge in [-0.1, -0.05) is 32.4 Å². The van der Waals surface area contributed by atoms with Crippen molar-refractivity contribution < 1.29 is 9.59 Å². The van der Waals surface area contributed by atoms with E-state index in [1.807, 2.05) is 43.0 Å². The second kappa shape index (κ2) is 11.1. The van der Waals surface area contributed by atoms with Gasteiger partial charge in [0.25, 0.3) is 0 Å². The van der Waals surface area contributed by atoms with Crippen LogP contribution in [0.2, 0.25) is 0 Å². The van der Waals surface area contributed by atoms with Gasteiger partial charge in [-0.2, -0.15) is 0 Å². The van der Waals surface area contributed by atoms with Crippen LogP contribution in [0.1, 0.15) is 66.6 Å². The number of benzene rings is 1. The monoisotopic (exact) mass is 414 g/mol.